The molecule has 2 aromatic carbocycles. The third-order valence-electron chi connectivity index (χ3n) is 5.86. The zero-order chi connectivity index (χ0) is 24.5. The molecule has 178 valence electrons. The van der Waals surface area contributed by atoms with Gasteiger partial charge in [0.05, 0.1) is 22.7 Å². The standard InChI is InChI=1S/C27H30FN3O2S/c1-6-12-31-23-15-22(28)18(13-21(23)17(3)16-27(31,4)5)14-24-25(32)30-26(34-24)29-19-8-10-20(11-9-19)33-7-2/h8-11,13-16H,6-7,12H2,1-5H3,(H,29,30,32)/b24-14+. The third-order valence-corrected chi connectivity index (χ3v) is 6.77. The van der Waals surface area contributed by atoms with E-state index in [4.69, 9.17) is 4.74 Å². The topological polar surface area (TPSA) is 53.9 Å². The molecule has 2 aliphatic heterocycles. The summed E-state index contributed by atoms with van der Waals surface area (Å²) in [5.41, 5.74) is 3.90. The van der Waals surface area contributed by atoms with Gasteiger partial charge in [-0.15, -0.1) is 0 Å². The van der Waals surface area contributed by atoms with Gasteiger partial charge in [0.1, 0.15) is 11.6 Å². The van der Waals surface area contributed by atoms with Crippen LogP contribution in [0.1, 0.15) is 52.2 Å². The Kier molecular flexibility index (Phi) is 6.84. The summed E-state index contributed by atoms with van der Waals surface area (Å²) < 4.78 is 20.7. The van der Waals surface area contributed by atoms with Crippen LogP contribution in [0.25, 0.3) is 11.6 Å². The number of ether oxygens (including phenoxy) is 1. The van der Waals surface area contributed by atoms with Crippen LogP contribution in [0.15, 0.2) is 52.4 Å². The van der Waals surface area contributed by atoms with E-state index in [1.165, 1.54) is 11.8 Å². The number of hydrogen-bond acceptors (Lipinski definition) is 5. The molecule has 1 saturated heterocycles. The van der Waals surface area contributed by atoms with Gasteiger partial charge in [-0.3, -0.25) is 4.79 Å². The predicted octanol–water partition coefficient (Wildman–Crippen LogP) is 6.53. The molecule has 0 unspecified atom stereocenters. The molecule has 34 heavy (non-hydrogen) atoms. The molecule has 7 heteroatoms. The number of carbonyl (C=O) groups excluding carboxylic acids is 1. The van der Waals surface area contributed by atoms with Crippen molar-refractivity contribution in [1.82, 2.24) is 5.32 Å². The van der Waals surface area contributed by atoms with Gasteiger partial charge < -0.3 is 15.0 Å². The minimum atomic E-state index is -0.344. The molecule has 1 amide bonds. The van der Waals surface area contributed by atoms with E-state index >= 15 is 4.39 Å². The van der Waals surface area contributed by atoms with Crippen molar-refractivity contribution in [1.29, 1.82) is 0 Å². The number of fused-ring (bicyclic) bond motifs is 1. The first-order valence-electron chi connectivity index (χ1n) is 11.5. The zero-order valence-electron chi connectivity index (χ0n) is 20.2. The number of nitrogens with one attached hydrogen (secondary N) is 1. The zero-order valence-corrected chi connectivity index (χ0v) is 21.1. The average molecular weight is 480 g/mol. The molecule has 0 bridgehead atoms. The number of nitrogens with zero attached hydrogens (tertiary/aromatic N) is 2. The van der Waals surface area contributed by atoms with E-state index < -0.39 is 0 Å². The molecule has 5 nitrogen and oxygen atoms in total. The molecule has 0 aromatic heterocycles. The molecule has 0 atom stereocenters. The van der Waals surface area contributed by atoms with Gasteiger partial charge in [0, 0.05) is 23.4 Å². The first-order valence-corrected chi connectivity index (χ1v) is 12.4. The second-order valence-electron chi connectivity index (χ2n) is 8.93. The summed E-state index contributed by atoms with van der Waals surface area (Å²) in [5, 5.41) is 3.23. The number of carbonyl (C=O) groups is 1. The normalized spacial score (nSPS) is 19.3. The Balaban J connectivity index is 1.62. The monoisotopic (exact) mass is 479 g/mol. The van der Waals surface area contributed by atoms with E-state index in [-0.39, 0.29) is 17.3 Å². The second-order valence-corrected chi connectivity index (χ2v) is 9.96. The summed E-state index contributed by atoms with van der Waals surface area (Å²) in [5.74, 6) is 0.138. The molecule has 0 spiro atoms. The number of aliphatic imine (C=N–C) groups is 1. The Labute approximate surface area is 204 Å². The highest BCUT2D eigenvalue weighted by Crippen LogP contribution is 2.41. The lowest BCUT2D eigenvalue weighted by molar-refractivity contribution is -0.115. The third kappa shape index (κ3) is 4.89. The van der Waals surface area contributed by atoms with Crippen molar-refractivity contribution in [2.75, 3.05) is 18.1 Å². The Morgan fingerprint density at radius 3 is 2.62 bits per heavy atom. The predicted molar refractivity (Wildman–Crippen MR) is 140 cm³/mol. The molecule has 2 aromatic rings. The van der Waals surface area contributed by atoms with E-state index in [0.717, 1.165) is 35.5 Å². The number of hydrogen-bond donors (Lipinski definition) is 1. The van der Waals surface area contributed by atoms with Crippen LogP contribution in [-0.2, 0) is 4.79 Å². The van der Waals surface area contributed by atoms with Crippen LogP contribution in [0.2, 0.25) is 0 Å². The molecular formula is C27H30FN3O2S. The van der Waals surface area contributed by atoms with Crippen LogP contribution in [0.5, 0.6) is 5.75 Å². The Morgan fingerprint density at radius 2 is 1.94 bits per heavy atom. The summed E-state index contributed by atoms with van der Waals surface area (Å²) in [7, 11) is 0. The number of amidine groups is 1. The van der Waals surface area contributed by atoms with Crippen molar-refractivity contribution in [2.24, 2.45) is 4.99 Å². The van der Waals surface area contributed by atoms with Crippen LogP contribution in [0.4, 0.5) is 15.8 Å². The molecule has 0 radical (unpaired) electrons. The fourth-order valence-corrected chi connectivity index (χ4v) is 5.21. The first kappa shape index (κ1) is 24.1. The van der Waals surface area contributed by atoms with Gasteiger partial charge in [-0.25, -0.2) is 9.38 Å². The lowest BCUT2D eigenvalue weighted by Gasteiger charge is -2.43. The van der Waals surface area contributed by atoms with Gasteiger partial charge in [-0.1, -0.05) is 13.0 Å². The smallest absolute Gasteiger partial charge is 0.264 e. The molecule has 2 aliphatic rings. The van der Waals surface area contributed by atoms with Gasteiger partial charge in [-0.05, 0) is 93.9 Å². The number of thioether (sulfide) groups is 1. The molecule has 2 heterocycles. The number of rotatable bonds is 6. The van der Waals surface area contributed by atoms with Gasteiger partial charge in [0.25, 0.3) is 5.91 Å². The summed E-state index contributed by atoms with van der Waals surface area (Å²) in [6, 6.07) is 10.8. The number of amides is 1. The van der Waals surface area contributed by atoms with Crippen LogP contribution < -0.4 is 15.0 Å². The second kappa shape index (κ2) is 9.66. The van der Waals surface area contributed by atoms with Crippen molar-refractivity contribution in [2.45, 2.75) is 46.6 Å². The molecule has 4 rings (SSSR count). The fourth-order valence-electron chi connectivity index (χ4n) is 4.38. The fraction of sp³-hybridized carbons (Fsp3) is 0.333. The number of halogens is 1. The number of benzene rings is 2. The summed E-state index contributed by atoms with van der Waals surface area (Å²) >= 11 is 1.21. The lowest BCUT2D eigenvalue weighted by Crippen LogP contribution is -2.45. The van der Waals surface area contributed by atoms with E-state index in [0.29, 0.717) is 27.9 Å². The van der Waals surface area contributed by atoms with Gasteiger partial charge in [0.15, 0.2) is 5.17 Å². The first-order chi connectivity index (χ1) is 16.2. The summed E-state index contributed by atoms with van der Waals surface area (Å²) in [4.78, 5) is 19.7. The summed E-state index contributed by atoms with van der Waals surface area (Å²) in [6.45, 7) is 11.8. The summed E-state index contributed by atoms with van der Waals surface area (Å²) in [6.07, 6.45) is 4.79. The maximum absolute atomic E-state index is 15.2. The molecule has 1 N–H and O–H groups in total. The quantitative estimate of drug-likeness (QED) is 0.479. The number of anilines is 1. The van der Waals surface area contributed by atoms with Crippen molar-refractivity contribution in [3.8, 4) is 5.75 Å². The van der Waals surface area contributed by atoms with Crippen molar-refractivity contribution < 1.29 is 13.9 Å². The van der Waals surface area contributed by atoms with E-state index in [1.807, 2.05) is 37.3 Å². The van der Waals surface area contributed by atoms with Crippen LogP contribution in [-0.4, -0.2) is 29.8 Å². The van der Waals surface area contributed by atoms with Crippen LogP contribution >= 0.6 is 11.8 Å². The molecule has 0 aliphatic carbocycles. The van der Waals surface area contributed by atoms with Crippen LogP contribution in [0.3, 0.4) is 0 Å². The lowest BCUT2D eigenvalue weighted by atomic mass is 9.87. The van der Waals surface area contributed by atoms with Gasteiger partial charge in [0.2, 0.25) is 0 Å². The highest BCUT2D eigenvalue weighted by molar-refractivity contribution is 8.18. The average Bonchev–Trinajstić information content (AvgIpc) is 3.12. The highest BCUT2D eigenvalue weighted by Gasteiger charge is 2.32. The minimum absolute atomic E-state index is 0.188. The largest absolute Gasteiger partial charge is 0.494 e. The molecule has 1 fully saturated rings. The Morgan fingerprint density at radius 1 is 1.21 bits per heavy atom. The van der Waals surface area contributed by atoms with E-state index in [9.17, 15) is 4.79 Å². The van der Waals surface area contributed by atoms with E-state index in [2.05, 4.69) is 49.0 Å². The van der Waals surface area contributed by atoms with E-state index in [1.54, 1.807) is 12.1 Å². The maximum Gasteiger partial charge on any atom is 0.264 e. The molecular weight excluding hydrogens is 449 g/mol. The van der Waals surface area contributed by atoms with Crippen LogP contribution in [0, 0.1) is 5.82 Å². The Hall–Kier alpha value is -3.06. The molecule has 0 saturated carbocycles. The number of allylic oxidation sites excluding steroid dienone is 1. The van der Waals surface area contributed by atoms with Gasteiger partial charge >= 0.3 is 0 Å². The van der Waals surface area contributed by atoms with Crippen molar-refractivity contribution >= 4 is 45.9 Å². The van der Waals surface area contributed by atoms with Gasteiger partial charge in [-0.2, -0.15) is 0 Å². The minimum Gasteiger partial charge on any atom is -0.494 e. The SMILES string of the molecule is CCCN1c2cc(F)c(/C=C3/SC(=Nc4ccc(OCC)cc4)NC3=O)cc2C(C)=CC1(C)C. The van der Waals surface area contributed by atoms with Crippen molar-refractivity contribution in [3.05, 3.63) is 64.3 Å². The van der Waals surface area contributed by atoms with Crippen molar-refractivity contribution in [3.63, 3.8) is 0 Å². The maximum atomic E-state index is 15.2. The Bertz CT molecular complexity index is 1200. The highest BCUT2D eigenvalue weighted by atomic mass is 32.2.